The molecule has 2 aromatic rings. The highest BCUT2D eigenvalue weighted by Gasteiger charge is 2.06. The second-order valence-corrected chi connectivity index (χ2v) is 3.92. The Morgan fingerprint density at radius 1 is 0.789 bits per heavy atom. The lowest BCUT2D eigenvalue weighted by molar-refractivity contribution is 0.0696. The highest BCUT2D eigenvalue weighted by Crippen LogP contribution is 2.05. The van der Waals surface area contributed by atoms with E-state index in [4.69, 9.17) is 21.8 Å². The molecular weight excluding hydrogens is 268 g/mol. The molecule has 4 nitrogen and oxygen atoms in total. The Bertz CT molecular complexity index is 537. The number of carbonyl (C=O) groups is 2. The second-order valence-electron chi connectivity index (χ2n) is 3.49. The Labute approximate surface area is 114 Å². The maximum atomic E-state index is 10.4. The molecule has 2 aromatic carbocycles. The molecule has 0 heterocycles. The van der Waals surface area contributed by atoms with Gasteiger partial charge in [-0.3, -0.25) is 0 Å². The molecule has 0 aliphatic heterocycles. The summed E-state index contributed by atoms with van der Waals surface area (Å²) in [6.07, 6.45) is 0. The molecule has 0 aliphatic carbocycles. The van der Waals surface area contributed by atoms with Gasteiger partial charge in [0.2, 0.25) is 0 Å². The minimum absolute atomic E-state index is 0.0186. The van der Waals surface area contributed by atoms with Crippen LogP contribution in [-0.2, 0) is 0 Å². The number of hydrogen-bond donors (Lipinski definition) is 2. The lowest BCUT2D eigenvalue weighted by atomic mass is 10.1. The summed E-state index contributed by atoms with van der Waals surface area (Å²) in [5, 5.41) is 17.8. The van der Waals surface area contributed by atoms with Crippen LogP contribution in [0.4, 0.5) is 0 Å². The van der Waals surface area contributed by atoms with Gasteiger partial charge in [-0.25, -0.2) is 9.59 Å². The van der Waals surface area contributed by atoms with Crippen LogP contribution in [0.25, 0.3) is 0 Å². The molecule has 0 aromatic heterocycles. The monoisotopic (exact) mass is 278 g/mol. The van der Waals surface area contributed by atoms with E-state index in [9.17, 15) is 9.59 Å². The number of halogens is 1. The van der Waals surface area contributed by atoms with E-state index < -0.39 is 11.9 Å². The standard InChI is InChI=1S/C8H6O4.C6H5Cl/c9-7(10)5-2-1-3-6(4-5)8(11)12;7-6-4-2-1-3-5-6/h1-4H,(H,9,10)(H,11,12);1-5H. The van der Waals surface area contributed by atoms with Gasteiger partial charge in [0.15, 0.2) is 0 Å². The van der Waals surface area contributed by atoms with E-state index in [1.165, 1.54) is 18.2 Å². The summed E-state index contributed by atoms with van der Waals surface area (Å²) in [5.74, 6) is -2.25. The van der Waals surface area contributed by atoms with E-state index >= 15 is 0 Å². The molecule has 0 saturated carbocycles. The van der Waals surface area contributed by atoms with E-state index in [1.54, 1.807) is 0 Å². The fourth-order valence-electron chi connectivity index (χ4n) is 1.20. The molecule has 19 heavy (non-hydrogen) atoms. The van der Waals surface area contributed by atoms with Gasteiger partial charge >= 0.3 is 11.9 Å². The molecule has 5 heteroatoms. The summed E-state index contributed by atoms with van der Waals surface area (Å²) in [4.78, 5) is 20.8. The van der Waals surface area contributed by atoms with Crippen LogP contribution >= 0.6 is 11.6 Å². The SMILES string of the molecule is Clc1ccccc1.O=C(O)c1cccc(C(=O)O)c1. The van der Waals surface area contributed by atoms with Crippen molar-refractivity contribution in [2.24, 2.45) is 0 Å². The van der Waals surface area contributed by atoms with Gasteiger partial charge in [0, 0.05) is 5.02 Å². The fourth-order valence-corrected chi connectivity index (χ4v) is 1.35. The van der Waals surface area contributed by atoms with Crippen molar-refractivity contribution < 1.29 is 19.8 Å². The maximum Gasteiger partial charge on any atom is 0.335 e. The van der Waals surface area contributed by atoms with E-state index in [0.29, 0.717) is 0 Å². The quantitative estimate of drug-likeness (QED) is 0.882. The van der Waals surface area contributed by atoms with Crippen molar-refractivity contribution in [3.05, 3.63) is 70.7 Å². The molecule has 0 spiro atoms. The number of rotatable bonds is 2. The van der Waals surface area contributed by atoms with Gasteiger partial charge in [0.1, 0.15) is 0 Å². The first-order valence-corrected chi connectivity index (χ1v) is 5.65. The topological polar surface area (TPSA) is 74.6 Å². The van der Waals surface area contributed by atoms with Crippen molar-refractivity contribution in [1.29, 1.82) is 0 Å². The zero-order chi connectivity index (χ0) is 14.3. The Kier molecular flexibility index (Phi) is 5.57. The highest BCUT2D eigenvalue weighted by atomic mass is 35.5. The fraction of sp³-hybridized carbons (Fsp3) is 0. The van der Waals surface area contributed by atoms with Crippen LogP contribution in [0, 0.1) is 0 Å². The highest BCUT2D eigenvalue weighted by molar-refractivity contribution is 6.30. The summed E-state index contributed by atoms with van der Waals surface area (Å²) in [6, 6.07) is 14.6. The van der Waals surface area contributed by atoms with Crippen molar-refractivity contribution in [2.75, 3.05) is 0 Å². The number of hydrogen-bond acceptors (Lipinski definition) is 2. The van der Waals surface area contributed by atoms with Crippen LogP contribution in [-0.4, -0.2) is 22.2 Å². The van der Waals surface area contributed by atoms with Gasteiger partial charge in [-0.1, -0.05) is 35.9 Å². The third-order valence-electron chi connectivity index (χ3n) is 2.09. The normalized spacial score (nSPS) is 9.11. The first kappa shape index (κ1) is 14.7. The van der Waals surface area contributed by atoms with Crippen LogP contribution in [0.3, 0.4) is 0 Å². The molecule has 0 saturated heterocycles. The van der Waals surface area contributed by atoms with E-state index in [0.717, 1.165) is 11.1 Å². The van der Waals surface area contributed by atoms with Crippen molar-refractivity contribution in [2.45, 2.75) is 0 Å². The van der Waals surface area contributed by atoms with Crippen molar-refractivity contribution in [3.8, 4) is 0 Å². The van der Waals surface area contributed by atoms with Gasteiger partial charge in [-0.2, -0.15) is 0 Å². The molecular formula is C14H11ClO4. The van der Waals surface area contributed by atoms with E-state index in [2.05, 4.69) is 0 Å². The van der Waals surface area contributed by atoms with Gasteiger partial charge in [-0.15, -0.1) is 0 Å². The summed E-state index contributed by atoms with van der Waals surface area (Å²) in [6.45, 7) is 0. The van der Waals surface area contributed by atoms with Crippen LogP contribution in [0.1, 0.15) is 20.7 Å². The van der Waals surface area contributed by atoms with Crippen molar-refractivity contribution in [1.82, 2.24) is 0 Å². The third-order valence-corrected chi connectivity index (χ3v) is 2.34. The van der Waals surface area contributed by atoms with E-state index in [-0.39, 0.29) is 11.1 Å². The maximum absolute atomic E-state index is 10.4. The summed E-state index contributed by atoms with van der Waals surface area (Å²) in [7, 11) is 0. The molecule has 0 bridgehead atoms. The van der Waals surface area contributed by atoms with Gasteiger partial charge in [0.05, 0.1) is 11.1 Å². The average molecular weight is 279 g/mol. The first-order valence-electron chi connectivity index (χ1n) is 5.28. The number of carboxylic acids is 2. The van der Waals surface area contributed by atoms with Crippen LogP contribution in [0.15, 0.2) is 54.6 Å². The Balaban J connectivity index is 0.000000218. The third kappa shape index (κ3) is 5.23. The molecule has 2 rings (SSSR count). The lowest BCUT2D eigenvalue weighted by Crippen LogP contribution is -2.01. The molecule has 0 radical (unpaired) electrons. The number of carboxylic acid groups (broad SMARTS) is 2. The largest absolute Gasteiger partial charge is 0.478 e. The van der Waals surface area contributed by atoms with Gasteiger partial charge in [0.25, 0.3) is 0 Å². The molecule has 98 valence electrons. The smallest absolute Gasteiger partial charge is 0.335 e. The summed E-state index contributed by atoms with van der Waals surface area (Å²) >= 11 is 5.54. The Morgan fingerprint density at radius 3 is 1.58 bits per heavy atom. The molecule has 0 aliphatic rings. The Hall–Kier alpha value is -2.33. The number of aromatic carboxylic acids is 2. The van der Waals surface area contributed by atoms with Crippen molar-refractivity contribution >= 4 is 23.5 Å². The van der Waals surface area contributed by atoms with E-state index in [1.807, 2.05) is 30.3 Å². The Morgan fingerprint density at radius 2 is 1.26 bits per heavy atom. The van der Waals surface area contributed by atoms with Crippen molar-refractivity contribution in [3.63, 3.8) is 0 Å². The second kappa shape index (κ2) is 7.18. The van der Waals surface area contributed by atoms with Crippen LogP contribution in [0.2, 0.25) is 5.02 Å². The lowest BCUT2D eigenvalue weighted by Gasteiger charge is -1.95. The zero-order valence-electron chi connectivity index (χ0n) is 9.79. The zero-order valence-corrected chi connectivity index (χ0v) is 10.5. The molecule has 0 amide bonds. The molecule has 0 unspecified atom stereocenters. The van der Waals surface area contributed by atoms with Gasteiger partial charge in [-0.05, 0) is 30.3 Å². The minimum atomic E-state index is -1.13. The molecule has 0 fully saturated rings. The molecule has 0 atom stereocenters. The predicted octanol–water partition coefficient (Wildman–Crippen LogP) is 3.42. The van der Waals surface area contributed by atoms with Crippen LogP contribution < -0.4 is 0 Å². The average Bonchev–Trinajstić information content (AvgIpc) is 2.40. The predicted molar refractivity (Wildman–Crippen MR) is 71.8 cm³/mol. The minimum Gasteiger partial charge on any atom is -0.478 e. The molecule has 2 N–H and O–H groups in total. The van der Waals surface area contributed by atoms with Gasteiger partial charge < -0.3 is 10.2 Å². The summed E-state index contributed by atoms with van der Waals surface area (Å²) < 4.78 is 0. The summed E-state index contributed by atoms with van der Waals surface area (Å²) in [5.41, 5.74) is -0.0372. The van der Waals surface area contributed by atoms with Crippen LogP contribution in [0.5, 0.6) is 0 Å². The number of benzene rings is 2. The first-order chi connectivity index (χ1) is 9.00.